The number of amides is 2. The number of hydrogen-bond donors (Lipinski definition) is 0. The van der Waals surface area contributed by atoms with Crippen molar-refractivity contribution in [3.05, 3.63) is 12.2 Å². The van der Waals surface area contributed by atoms with Crippen molar-refractivity contribution in [2.45, 2.75) is 12.8 Å². The van der Waals surface area contributed by atoms with Gasteiger partial charge in [-0.2, -0.15) is 0 Å². The Hall–Kier alpha value is -0.260. The Bertz CT molecular complexity index is 375. The first kappa shape index (κ1) is 12.2. The van der Waals surface area contributed by atoms with Gasteiger partial charge in [0.05, 0.1) is 11.8 Å². The summed E-state index contributed by atoms with van der Waals surface area (Å²) in [6.07, 6.45) is 4.88. The zero-order valence-corrected chi connectivity index (χ0v) is 10.6. The summed E-state index contributed by atoms with van der Waals surface area (Å²) in [6, 6.07) is -1.09. The molecule has 0 radical (unpaired) electrons. The molecule has 1 saturated heterocycles. The molecular formula is C9H10Cl2FNO2S. The van der Waals surface area contributed by atoms with E-state index in [-0.39, 0.29) is 0 Å². The van der Waals surface area contributed by atoms with E-state index in [9.17, 15) is 14.0 Å². The van der Waals surface area contributed by atoms with Crippen LogP contribution < -0.4 is 0 Å². The lowest BCUT2D eigenvalue weighted by molar-refractivity contribution is -0.133. The number of nitrogens with zero attached hydrogens (tertiary/aromatic N) is 1. The molecule has 16 heavy (non-hydrogen) atoms. The Morgan fingerprint density at radius 1 is 1.44 bits per heavy atom. The van der Waals surface area contributed by atoms with Gasteiger partial charge in [0.15, 0.2) is 6.01 Å². The third-order valence-corrected chi connectivity index (χ3v) is 5.30. The molecule has 2 aliphatic rings. The highest BCUT2D eigenvalue weighted by molar-refractivity contribution is 8.64. The van der Waals surface area contributed by atoms with Crippen LogP contribution in [-0.2, 0) is 9.59 Å². The maximum absolute atomic E-state index is 12.7. The smallest absolute Gasteiger partial charge is 0.247 e. The molecule has 2 atom stereocenters. The Morgan fingerprint density at radius 3 is 2.69 bits per heavy atom. The second kappa shape index (κ2) is 4.20. The molecule has 2 amide bonds. The van der Waals surface area contributed by atoms with Crippen LogP contribution in [0.4, 0.5) is 4.39 Å². The number of imide groups is 1. The fraction of sp³-hybridized carbons (Fsp3) is 0.556. The normalized spacial score (nSPS) is 30.8. The number of alkyl halides is 1. The highest BCUT2D eigenvalue weighted by atomic mass is 36.0. The van der Waals surface area contributed by atoms with Gasteiger partial charge in [-0.25, -0.2) is 8.70 Å². The van der Waals surface area contributed by atoms with Crippen molar-refractivity contribution in [1.29, 1.82) is 0 Å². The second-order valence-electron chi connectivity index (χ2n) is 3.76. The standard InChI is InChI=1S/C9H10Cl2FNO2S/c10-16(11,5-12)13-8(14)6-3-1-2-4-7(6)9(13)15/h1,3,6-7H,2,4-5H2. The number of hydrogen-bond acceptors (Lipinski definition) is 2. The maximum atomic E-state index is 12.7. The second-order valence-corrected chi connectivity index (χ2v) is 8.97. The molecule has 3 nitrogen and oxygen atoms in total. The van der Waals surface area contributed by atoms with E-state index in [1.165, 1.54) is 0 Å². The van der Waals surface area contributed by atoms with Crippen LogP contribution in [-0.4, -0.2) is 22.1 Å². The van der Waals surface area contributed by atoms with Crippen LogP contribution in [0.15, 0.2) is 12.2 Å². The van der Waals surface area contributed by atoms with Crippen LogP contribution in [0.2, 0.25) is 0 Å². The molecule has 2 rings (SSSR count). The molecule has 0 aromatic rings. The largest absolute Gasteiger partial charge is 0.273 e. The molecule has 90 valence electrons. The summed E-state index contributed by atoms with van der Waals surface area (Å²) < 4.78 is 13.4. The predicted molar refractivity (Wildman–Crippen MR) is 62.5 cm³/mol. The molecule has 0 aromatic heterocycles. The lowest BCUT2D eigenvalue weighted by atomic mass is 9.86. The van der Waals surface area contributed by atoms with Gasteiger partial charge < -0.3 is 0 Å². The molecule has 1 fully saturated rings. The topological polar surface area (TPSA) is 37.4 Å². The first-order valence-electron chi connectivity index (χ1n) is 4.80. The lowest BCUT2D eigenvalue weighted by Crippen LogP contribution is -2.30. The van der Waals surface area contributed by atoms with E-state index in [1.54, 1.807) is 6.08 Å². The first-order valence-corrected chi connectivity index (χ1v) is 8.21. The highest BCUT2D eigenvalue weighted by Crippen LogP contribution is 2.64. The van der Waals surface area contributed by atoms with E-state index in [0.29, 0.717) is 6.42 Å². The van der Waals surface area contributed by atoms with Crippen LogP contribution in [0.3, 0.4) is 0 Å². The molecule has 1 aliphatic carbocycles. The Balaban J connectivity index is 2.34. The maximum Gasteiger partial charge on any atom is 0.247 e. The quantitative estimate of drug-likeness (QED) is 0.578. The van der Waals surface area contributed by atoms with Crippen molar-refractivity contribution in [2.24, 2.45) is 11.8 Å². The average molecular weight is 286 g/mol. The number of carbonyl (C=O) groups excluding carboxylic acids is 2. The number of fused-ring (bicyclic) bond motifs is 1. The molecule has 0 N–H and O–H groups in total. The summed E-state index contributed by atoms with van der Waals surface area (Å²) in [5, 5.41) is 0. The summed E-state index contributed by atoms with van der Waals surface area (Å²) in [4.78, 5) is 23.8. The van der Waals surface area contributed by atoms with Gasteiger partial charge in [0.1, 0.15) is 0 Å². The van der Waals surface area contributed by atoms with Gasteiger partial charge in [0, 0.05) is 8.64 Å². The fourth-order valence-electron chi connectivity index (χ4n) is 2.07. The van der Waals surface area contributed by atoms with E-state index in [4.69, 9.17) is 21.4 Å². The van der Waals surface area contributed by atoms with Gasteiger partial charge in [0.25, 0.3) is 0 Å². The van der Waals surface area contributed by atoms with Gasteiger partial charge in [0.2, 0.25) is 11.8 Å². The van der Waals surface area contributed by atoms with Crippen LogP contribution >= 0.6 is 30.0 Å². The SMILES string of the molecule is O=C1C2C=CCCC2C(=O)N1S(Cl)(Cl)CF. The fourth-order valence-corrected chi connectivity index (χ4v) is 3.77. The highest BCUT2D eigenvalue weighted by Gasteiger charge is 2.52. The number of rotatable bonds is 2. The van der Waals surface area contributed by atoms with Crippen molar-refractivity contribution >= 4 is 41.8 Å². The van der Waals surface area contributed by atoms with Crippen LogP contribution in [0.25, 0.3) is 0 Å². The number of allylic oxidation sites excluding steroid dienone is 1. The monoisotopic (exact) mass is 285 g/mol. The molecule has 7 heteroatoms. The molecule has 2 unspecified atom stereocenters. The minimum Gasteiger partial charge on any atom is -0.273 e. The van der Waals surface area contributed by atoms with Crippen molar-refractivity contribution in [3.8, 4) is 0 Å². The molecule has 0 saturated carbocycles. The molecule has 0 aromatic carbocycles. The minimum absolute atomic E-state index is 0.409. The molecule has 1 aliphatic heterocycles. The third-order valence-electron chi connectivity index (χ3n) is 2.82. The van der Waals surface area contributed by atoms with Gasteiger partial charge >= 0.3 is 0 Å². The summed E-state index contributed by atoms with van der Waals surface area (Å²) in [5.74, 6) is -1.81. The van der Waals surface area contributed by atoms with Crippen molar-refractivity contribution < 1.29 is 14.0 Å². The van der Waals surface area contributed by atoms with Crippen molar-refractivity contribution in [1.82, 2.24) is 4.31 Å². The molecular weight excluding hydrogens is 276 g/mol. The van der Waals surface area contributed by atoms with Crippen LogP contribution in [0, 0.1) is 11.8 Å². The molecule has 1 heterocycles. The van der Waals surface area contributed by atoms with E-state index in [0.717, 1.165) is 10.7 Å². The van der Waals surface area contributed by atoms with Gasteiger partial charge in [-0.15, -0.1) is 0 Å². The third kappa shape index (κ3) is 1.75. The van der Waals surface area contributed by atoms with Gasteiger partial charge in [-0.3, -0.25) is 9.59 Å². The summed E-state index contributed by atoms with van der Waals surface area (Å²) >= 11 is 0. The lowest BCUT2D eigenvalue weighted by Gasteiger charge is -2.30. The Labute approximate surface area is 103 Å². The summed E-state index contributed by atoms with van der Waals surface area (Å²) in [7, 11) is 8.45. The van der Waals surface area contributed by atoms with Crippen LogP contribution in [0.5, 0.6) is 0 Å². The first-order chi connectivity index (χ1) is 7.49. The zero-order valence-electron chi connectivity index (χ0n) is 8.24. The minimum atomic E-state index is -2.98. The van der Waals surface area contributed by atoms with E-state index in [2.05, 4.69) is 0 Å². The Morgan fingerprint density at radius 2 is 2.12 bits per heavy atom. The number of carbonyl (C=O) groups is 2. The van der Waals surface area contributed by atoms with Gasteiger partial charge in [-0.1, -0.05) is 12.2 Å². The predicted octanol–water partition coefficient (Wildman–Crippen LogP) is 2.89. The van der Waals surface area contributed by atoms with Gasteiger partial charge in [-0.05, 0) is 34.2 Å². The van der Waals surface area contributed by atoms with E-state index >= 15 is 0 Å². The van der Waals surface area contributed by atoms with Crippen molar-refractivity contribution in [2.75, 3.05) is 6.01 Å². The Kier molecular flexibility index (Phi) is 3.20. The summed E-state index contributed by atoms with van der Waals surface area (Å²) in [6.45, 7) is 0. The zero-order chi connectivity index (χ0) is 11.9. The molecule has 0 bridgehead atoms. The van der Waals surface area contributed by atoms with E-state index < -0.39 is 38.3 Å². The number of halogens is 3. The summed E-state index contributed by atoms with van der Waals surface area (Å²) in [5.41, 5.74) is 0. The van der Waals surface area contributed by atoms with E-state index in [1.807, 2.05) is 6.08 Å². The van der Waals surface area contributed by atoms with Crippen molar-refractivity contribution in [3.63, 3.8) is 0 Å². The average Bonchev–Trinajstić information content (AvgIpc) is 2.53. The van der Waals surface area contributed by atoms with Crippen LogP contribution in [0.1, 0.15) is 12.8 Å². The molecule has 0 spiro atoms.